The van der Waals surface area contributed by atoms with Crippen LogP contribution >= 0.6 is 27.7 Å². The number of halogens is 1. The highest BCUT2D eigenvalue weighted by Gasteiger charge is 2.17. The highest BCUT2D eigenvalue weighted by atomic mass is 79.9. The Balaban J connectivity index is 1.52. The van der Waals surface area contributed by atoms with Gasteiger partial charge in [0, 0.05) is 47.3 Å². The van der Waals surface area contributed by atoms with Crippen LogP contribution in [0.5, 0.6) is 5.75 Å². The van der Waals surface area contributed by atoms with Crippen molar-refractivity contribution in [1.82, 2.24) is 14.9 Å². The van der Waals surface area contributed by atoms with Crippen LogP contribution in [-0.4, -0.2) is 47.7 Å². The minimum absolute atomic E-state index is 0.719. The Labute approximate surface area is 180 Å². The van der Waals surface area contributed by atoms with Crippen LogP contribution in [0.25, 0.3) is 0 Å². The van der Waals surface area contributed by atoms with Crippen molar-refractivity contribution in [1.29, 1.82) is 0 Å². The Hall–Kier alpha value is -1.31. The van der Waals surface area contributed by atoms with E-state index in [9.17, 15) is 0 Å². The standard InChI is InChI=1S/C21H29BrN4OS/c1-16-6-3-4-12-26(16)13-5-9-23-20-21(25-11-10-24-20)28-15-17-14-18(22)7-8-19(17)27-2/h7-8,10-11,14,16H,3-6,9,12-13,15H2,1-2H3,(H,23,24). The minimum atomic E-state index is 0.719. The molecule has 0 bridgehead atoms. The molecule has 7 heteroatoms. The first kappa shape index (κ1) is 21.4. The number of benzene rings is 1. The summed E-state index contributed by atoms with van der Waals surface area (Å²) in [6.45, 7) is 5.64. The molecule has 1 aromatic heterocycles. The second-order valence-electron chi connectivity index (χ2n) is 7.12. The Morgan fingerprint density at radius 2 is 2.14 bits per heavy atom. The van der Waals surface area contributed by atoms with Gasteiger partial charge in [-0.1, -0.05) is 34.1 Å². The summed E-state index contributed by atoms with van der Waals surface area (Å²) in [5.41, 5.74) is 1.14. The van der Waals surface area contributed by atoms with Crippen LogP contribution in [-0.2, 0) is 5.75 Å². The van der Waals surface area contributed by atoms with Crippen molar-refractivity contribution in [3.63, 3.8) is 0 Å². The molecule has 0 amide bonds. The maximum Gasteiger partial charge on any atom is 0.158 e. The number of hydrogen-bond acceptors (Lipinski definition) is 6. The van der Waals surface area contributed by atoms with Crippen molar-refractivity contribution < 1.29 is 4.74 Å². The fraction of sp³-hybridized carbons (Fsp3) is 0.524. The van der Waals surface area contributed by atoms with Crippen LogP contribution in [0.3, 0.4) is 0 Å². The van der Waals surface area contributed by atoms with E-state index < -0.39 is 0 Å². The molecule has 5 nitrogen and oxygen atoms in total. The number of aromatic nitrogens is 2. The summed E-state index contributed by atoms with van der Waals surface area (Å²) in [6.07, 6.45) is 8.66. The van der Waals surface area contributed by atoms with Crippen LogP contribution < -0.4 is 10.1 Å². The van der Waals surface area contributed by atoms with Gasteiger partial charge in [-0.3, -0.25) is 0 Å². The molecule has 1 aromatic carbocycles. The molecule has 2 heterocycles. The number of nitrogens with zero attached hydrogens (tertiary/aromatic N) is 3. The lowest BCUT2D eigenvalue weighted by atomic mass is 10.0. The highest BCUT2D eigenvalue weighted by Crippen LogP contribution is 2.31. The monoisotopic (exact) mass is 464 g/mol. The van der Waals surface area contributed by atoms with Gasteiger partial charge in [0.25, 0.3) is 0 Å². The molecule has 28 heavy (non-hydrogen) atoms. The van der Waals surface area contributed by atoms with Crippen LogP contribution in [0.4, 0.5) is 5.82 Å². The fourth-order valence-electron chi connectivity index (χ4n) is 3.54. The molecule has 1 saturated heterocycles. The molecule has 0 saturated carbocycles. The van der Waals surface area contributed by atoms with E-state index in [1.165, 1.54) is 25.8 Å². The largest absolute Gasteiger partial charge is 0.496 e. The first-order valence-electron chi connectivity index (χ1n) is 9.91. The molecule has 152 valence electrons. The van der Waals surface area contributed by atoms with Gasteiger partial charge < -0.3 is 15.0 Å². The molecule has 0 spiro atoms. The smallest absolute Gasteiger partial charge is 0.158 e. The summed E-state index contributed by atoms with van der Waals surface area (Å²) in [6, 6.07) is 6.79. The zero-order valence-corrected chi connectivity index (χ0v) is 19.1. The molecule has 0 aliphatic carbocycles. The molecule has 0 radical (unpaired) electrons. The Morgan fingerprint density at radius 3 is 2.96 bits per heavy atom. The molecular weight excluding hydrogens is 436 g/mol. The van der Waals surface area contributed by atoms with Crippen LogP contribution in [0.2, 0.25) is 0 Å². The molecule has 3 rings (SSSR count). The number of ether oxygens (including phenoxy) is 1. The molecule has 1 fully saturated rings. The van der Waals surface area contributed by atoms with Gasteiger partial charge in [0.1, 0.15) is 10.8 Å². The zero-order chi connectivity index (χ0) is 19.8. The number of likely N-dealkylation sites (tertiary alicyclic amines) is 1. The van der Waals surface area contributed by atoms with Crippen LogP contribution in [0, 0.1) is 0 Å². The fourth-order valence-corrected chi connectivity index (χ4v) is 4.86. The van der Waals surface area contributed by atoms with E-state index in [-0.39, 0.29) is 0 Å². The third-order valence-corrected chi connectivity index (χ3v) is 6.65. The SMILES string of the molecule is COc1ccc(Br)cc1CSc1nccnc1NCCCN1CCCCC1C. The average Bonchev–Trinajstić information content (AvgIpc) is 2.71. The van der Waals surface area contributed by atoms with Crippen molar-refractivity contribution in [2.75, 3.05) is 32.1 Å². The lowest BCUT2D eigenvalue weighted by Gasteiger charge is -2.33. The molecule has 1 atom stereocenters. The summed E-state index contributed by atoms with van der Waals surface area (Å²) in [7, 11) is 1.70. The van der Waals surface area contributed by atoms with E-state index in [4.69, 9.17) is 4.74 Å². The maximum atomic E-state index is 5.47. The first-order valence-corrected chi connectivity index (χ1v) is 11.7. The van der Waals surface area contributed by atoms with E-state index in [1.54, 1.807) is 31.3 Å². The number of thioether (sulfide) groups is 1. The second kappa shape index (κ2) is 11.0. The van der Waals surface area contributed by atoms with E-state index in [2.05, 4.69) is 49.1 Å². The quantitative estimate of drug-likeness (QED) is 0.405. The van der Waals surface area contributed by atoms with E-state index >= 15 is 0 Å². The second-order valence-corrected chi connectivity index (χ2v) is 9.00. The van der Waals surface area contributed by atoms with Gasteiger partial charge in [-0.25, -0.2) is 9.97 Å². The molecule has 1 unspecified atom stereocenters. The summed E-state index contributed by atoms with van der Waals surface area (Å²) >= 11 is 5.21. The van der Waals surface area contributed by atoms with Crippen molar-refractivity contribution in [2.24, 2.45) is 0 Å². The van der Waals surface area contributed by atoms with Crippen molar-refractivity contribution >= 4 is 33.5 Å². The van der Waals surface area contributed by atoms with Gasteiger partial charge in [0.05, 0.1) is 7.11 Å². The van der Waals surface area contributed by atoms with Gasteiger partial charge >= 0.3 is 0 Å². The summed E-state index contributed by atoms with van der Waals surface area (Å²) in [4.78, 5) is 11.6. The Kier molecular flexibility index (Phi) is 8.43. The third-order valence-electron chi connectivity index (χ3n) is 5.13. The molecule has 1 N–H and O–H groups in total. The summed E-state index contributed by atoms with van der Waals surface area (Å²) in [5, 5.41) is 4.41. The van der Waals surface area contributed by atoms with Crippen molar-refractivity contribution in [2.45, 2.75) is 49.4 Å². The molecule has 2 aromatic rings. The summed E-state index contributed by atoms with van der Waals surface area (Å²) in [5.74, 6) is 2.54. The first-order chi connectivity index (χ1) is 13.7. The molecular formula is C21H29BrN4OS. The van der Waals surface area contributed by atoms with Gasteiger partial charge in [-0.15, -0.1) is 0 Å². The third kappa shape index (κ3) is 6.09. The number of anilines is 1. The van der Waals surface area contributed by atoms with Gasteiger partial charge in [-0.2, -0.15) is 0 Å². The number of hydrogen-bond donors (Lipinski definition) is 1. The number of methoxy groups -OCH3 is 1. The Bertz CT molecular complexity index is 761. The van der Waals surface area contributed by atoms with Gasteiger partial charge in [-0.05, 0) is 50.9 Å². The number of nitrogens with one attached hydrogen (secondary N) is 1. The maximum absolute atomic E-state index is 5.47. The normalized spacial score (nSPS) is 17.5. The van der Waals surface area contributed by atoms with Gasteiger partial charge in [0.15, 0.2) is 5.82 Å². The molecule has 1 aliphatic heterocycles. The summed E-state index contributed by atoms with van der Waals surface area (Å²) < 4.78 is 6.52. The lowest BCUT2D eigenvalue weighted by molar-refractivity contribution is 0.160. The minimum Gasteiger partial charge on any atom is -0.496 e. The van der Waals surface area contributed by atoms with E-state index in [0.717, 1.165) is 57.9 Å². The predicted octanol–water partition coefficient (Wildman–Crippen LogP) is 5.22. The van der Waals surface area contributed by atoms with Crippen molar-refractivity contribution in [3.05, 3.63) is 40.6 Å². The van der Waals surface area contributed by atoms with Crippen LogP contribution in [0.1, 0.15) is 38.2 Å². The average molecular weight is 465 g/mol. The number of piperidine rings is 1. The lowest BCUT2D eigenvalue weighted by Crippen LogP contribution is -2.38. The zero-order valence-electron chi connectivity index (χ0n) is 16.7. The van der Waals surface area contributed by atoms with Gasteiger partial charge in [0.2, 0.25) is 0 Å². The van der Waals surface area contributed by atoms with Crippen LogP contribution in [0.15, 0.2) is 40.1 Å². The van der Waals surface area contributed by atoms with E-state index in [1.807, 2.05) is 12.1 Å². The molecule has 1 aliphatic rings. The van der Waals surface area contributed by atoms with Crippen molar-refractivity contribution in [3.8, 4) is 5.75 Å². The Morgan fingerprint density at radius 1 is 1.29 bits per heavy atom. The number of rotatable bonds is 9. The highest BCUT2D eigenvalue weighted by molar-refractivity contribution is 9.10. The topological polar surface area (TPSA) is 50.3 Å². The van der Waals surface area contributed by atoms with E-state index in [0.29, 0.717) is 0 Å². The predicted molar refractivity (Wildman–Crippen MR) is 120 cm³/mol.